The van der Waals surface area contributed by atoms with Gasteiger partial charge in [-0.05, 0) is 68.2 Å². The molecule has 2 aliphatic rings. The van der Waals surface area contributed by atoms with E-state index in [-0.39, 0.29) is 30.7 Å². The van der Waals surface area contributed by atoms with Crippen LogP contribution >= 0.6 is 0 Å². The molecule has 1 unspecified atom stereocenters. The molecular weight excluding hydrogens is 513 g/mol. The van der Waals surface area contributed by atoms with E-state index in [1.807, 2.05) is 26.0 Å². The molecule has 1 aromatic carbocycles. The summed E-state index contributed by atoms with van der Waals surface area (Å²) in [6.07, 6.45) is 10.1. The molecule has 0 saturated carbocycles. The van der Waals surface area contributed by atoms with Crippen molar-refractivity contribution < 1.29 is 19.1 Å². The number of hydrogen-bond donors (Lipinski definition) is 4. The van der Waals surface area contributed by atoms with Gasteiger partial charge in [-0.1, -0.05) is 31.2 Å². The molecule has 11 heteroatoms. The maximum Gasteiger partial charge on any atom is 0.272 e. The van der Waals surface area contributed by atoms with Crippen LogP contribution in [-0.2, 0) is 13.0 Å². The molecule has 0 spiro atoms. The van der Waals surface area contributed by atoms with Gasteiger partial charge in [-0.2, -0.15) is 0 Å². The largest absolute Gasteiger partial charge is 0.394 e. The van der Waals surface area contributed by atoms with E-state index in [2.05, 4.69) is 26.5 Å². The number of halogens is 1. The fraction of sp³-hybridized carbons (Fsp3) is 0.310. The number of hydrogen-bond acceptors (Lipinski definition) is 8. The average Bonchev–Trinajstić information content (AvgIpc) is 3.45. The van der Waals surface area contributed by atoms with E-state index < -0.39 is 11.7 Å². The minimum Gasteiger partial charge on any atom is -0.394 e. The van der Waals surface area contributed by atoms with Crippen LogP contribution in [0.1, 0.15) is 59.2 Å². The molecule has 0 bridgehead atoms. The lowest BCUT2D eigenvalue weighted by Crippen LogP contribution is -2.48. The molecule has 210 valence electrons. The number of carbonyl (C=O) groups excluding carboxylic acids is 2. The third kappa shape index (κ3) is 6.61. The molecule has 10 nitrogen and oxygen atoms in total. The molecule has 0 aliphatic carbocycles. The van der Waals surface area contributed by atoms with Crippen molar-refractivity contribution in [3.63, 3.8) is 0 Å². The SMILES string of the molecule is CC/C=C(/C=C\C=C(/C)NC(=O)c1cc2c(cc1F)CCN(C(=O)c1ccccn1)C2)C1=NNNN1C(C)CO. The molecule has 1 aromatic heterocycles. The number of rotatable bonds is 9. The van der Waals surface area contributed by atoms with Crippen molar-refractivity contribution in [3.8, 4) is 0 Å². The van der Waals surface area contributed by atoms with Crippen LogP contribution in [0.2, 0.25) is 0 Å². The van der Waals surface area contributed by atoms with Crippen LogP contribution in [0.4, 0.5) is 4.39 Å². The predicted molar refractivity (Wildman–Crippen MR) is 150 cm³/mol. The van der Waals surface area contributed by atoms with Gasteiger partial charge in [0.2, 0.25) is 0 Å². The van der Waals surface area contributed by atoms with E-state index in [0.29, 0.717) is 30.2 Å². The number of benzene rings is 1. The molecule has 3 heterocycles. The maximum absolute atomic E-state index is 14.9. The van der Waals surface area contributed by atoms with E-state index in [1.54, 1.807) is 53.4 Å². The van der Waals surface area contributed by atoms with E-state index >= 15 is 0 Å². The number of aliphatic hydroxyl groups is 1. The minimum absolute atomic E-state index is 0.0559. The van der Waals surface area contributed by atoms with Crippen LogP contribution < -0.4 is 16.4 Å². The lowest BCUT2D eigenvalue weighted by molar-refractivity contribution is 0.0728. The summed E-state index contributed by atoms with van der Waals surface area (Å²) in [6, 6.07) is 7.87. The van der Waals surface area contributed by atoms with Crippen LogP contribution in [0, 0.1) is 5.82 Å². The fourth-order valence-corrected chi connectivity index (χ4v) is 4.46. The van der Waals surface area contributed by atoms with Gasteiger partial charge in [-0.15, -0.1) is 10.6 Å². The number of aromatic nitrogens is 1. The standard InChI is InChI=1S/C29H34FN7O3/c1-4-8-21(27-33-34-35-37(27)20(3)18-38)10-7-9-19(2)32-28(39)24-15-23-17-36(14-12-22(23)16-25(24)30)29(40)26-11-5-6-13-31-26/h5-11,13,15-16,20,34-35,38H,4,12,14,17-18H2,1-3H3,(H,32,39)/b10-7-,19-9+,21-8-. The van der Waals surface area contributed by atoms with Crippen LogP contribution in [0.25, 0.3) is 0 Å². The molecular formula is C29H34FN7O3. The molecule has 4 rings (SSSR count). The summed E-state index contributed by atoms with van der Waals surface area (Å²) in [5.74, 6) is -0.750. The highest BCUT2D eigenvalue weighted by Crippen LogP contribution is 2.24. The summed E-state index contributed by atoms with van der Waals surface area (Å²) in [6.45, 7) is 6.25. The second-order valence-electron chi connectivity index (χ2n) is 9.58. The Kier molecular flexibility index (Phi) is 9.41. The van der Waals surface area contributed by atoms with E-state index in [9.17, 15) is 19.1 Å². The van der Waals surface area contributed by atoms with Gasteiger partial charge in [0.25, 0.3) is 11.8 Å². The normalized spacial score (nSPS) is 16.5. The van der Waals surface area contributed by atoms with Gasteiger partial charge in [-0.3, -0.25) is 19.6 Å². The average molecular weight is 548 g/mol. The Bertz CT molecular complexity index is 1370. The lowest BCUT2D eigenvalue weighted by Gasteiger charge is -2.29. The Balaban J connectivity index is 1.44. The number of hydrazine groups is 2. The molecule has 2 amide bonds. The molecule has 40 heavy (non-hydrogen) atoms. The van der Waals surface area contributed by atoms with Gasteiger partial charge in [0.15, 0.2) is 5.84 Å². The van der Waals surface area contributed by atoms with Gasteiger partial charge in [0, 0.05) is 30.6 Å². The molecule has 2 aliphatic heterocycles. The number of amides is 2. The van der Waals surface area contributed by atoms with Crippen molar-refractivity contribution in [2.75, 3.05) is 13.2 Å². The van der Waals surface area contributed by atoms with Crippen molar-refractivity contribution >= 4 is 17.6 Å². The summed E-state index contributed by atoms with van der Waals surface area (Å²) in [5, 5.41) is 18.3. The summed E-state index contributed by atoms with van der Waals surface area (Å²) in [5.41, 5.74) is 8.73. The molecule has 1 atom stereocenters. The predicted octanol–water partition coefficient (Wildman–Crippen LogP) is 2.96. The quantitative estimate of drug-likeness (QED) is 0.356. The van der Waals surface area contributed by atoms with Crippen LogP contribution in [0.15, 0.2) is 77.2 Å². The zero-order valence-electron chi connectivity index (χ0n) is 22.8. The number of nitrogens with one attached hydrogen (secondary N) is 3. The van der Waals surface area contributed by atoms with Gasteiger partial charge < -0.3 is 15.3 Å². The van der Waals surface area contributed by atoms with Crippen molar-refractivity contribution in [2.24, 2.45) is 5.10 Å². The highest BCUT2D eigenvalue weighted by atomic mass is 19.1. The number of aliphatic hydroxyl groups excluding tert-OH is 1. The number of allylic oxidation sites excluding steroid dienone is 4. The van der Waals surface area contributed by atoms with E-state index in [1.165, 1.54) is 12.1 Å². The summed E-state index contributed by atoms with van der Waals surface area (Å²) in [7, 11) is 0. The third-order valence-corrected chi connectivity index (χ3v) is 6.60. The van der Waals surface area contributed by atoms with Crippen LogP contribution in [0.5, 0.6) is 0 Å². The Morgan fingerprint density at radius 3 is 2.83 bits per heavy atom. The summed E-state index contributed by atoms with van der Waals surface area (Å²) in [4.78, 5) is 31.6. The Morgan fingerprint density at radius 1 is 1.27 bits per heavy atom. The first kappa shape index (κ1) is 28.7. The summed E-state index contributed by atoms with van der Waals surface area (Å²) >= 11 is 0. The van der Waals surface area contributed by atoms with Gasteiger partial charge in [-0.25, -0.2) is 9.93 Å². The van der Waals surface area contributed by atoms with E-state index in [0.717, 1.165) is 23.1 Å². The van der Waals surface area contributed by atoms with E-state index in [4.69, 9.17) is 0 Å². The number of fused-ring (bicyclic) bond motifs is 1. The first-order valence-corrected chi connectivity index (χ1v) is 13.2. The van der Waals surface area contributed by atoms with Crippen molar-refractivity contribution in [2.45, 2.75) is 46.2 Å². The maximum atomic E-state index is 14.9. The smallest absolute Gasteiger partial charge is 0.272 e. The van der Waals surface area contributed by atoms with Gasteiger partial charge in [0.1, 0.15) is 11.5 Å². The molecule has 4 N–H and O–H groups in total. The van der Waals surface area contributed by atoms with Crippen molar-refractivity contribution in [1.29, 1.82) is 0 Å². The first-order chi connectivity index (χ1) is 19.3. The second-order valence-corrected chi connectivity index (χ2v) is 9.58. The van der Waals surface area contributed by atoms with Crippen LogP contribution in [-0.4, -0.2) is 56.8 Å². The lowest BCUT2D eigenvalue weighted by atomic mass is 9.96. The number of pyridine rings is 1. The van der Waals surface area contributed by atoms with Gasteiger partial charge >= 0.3 is 0 Å². The number of hydrazone groups is 1. The third-order valence-electron chi connectivity index (χ3n) is 6.60. The topological polar surface area (TPSA) is 122 Å². The Labute approximate surface area is 232 Å². The second kappa shape index (κ2) is 13.1. The van der Waals surface area contributed by atoms with Crippen molar-refractivity contribution in [1.82, 2.24) is 31.3 Å². The zero-order valence-corrected chi connectivity index (χ0v) is 22.8. The van der Waals surface area contributed by atoms with Crippen LogP contribution in [0.3, 0.4) is 0 Å². The highest BCUT2D eigenvalue weighted by molar-refractivity contribution is 6.01. The number of nitrogens with zero attached hydrogens (tertiary/aromatic N) is 4. The minimum atomic E-state index is -0.602. The number of carbonyl (C=O) groups is 2. The summed E-state index contributed by atoms with van der Waals surface area (Å²) < 4.78 is 14.9. The number of amidine groups is 1. The van der Waals surface area contributed by atoms with Crippen molar-refractivity contribution in [3.05, 3.63) is 100 Å². The monoisotopic (exact) mass is 547 g/mol. The highest BCUT2D eigenvalue weighted by Gasteiger charge is 2.26. The molecule has 0 fully saturated rings. The Morgan fingerprint density at radius 2 is 2.10 bits per heavy atom. The molecule has 0 saturated heterocycles. The molecule has 0 radical (unpaired) electrons. The zero-order chi connectivity index (χ0) is 28.6. The Hall–Kier alpha value is -4.35. The van der Waals surface area contributed by atoms with Gasteiger partial charge in [0.05, 0.1) is 18.2 Å². The molecule has 2 aromatic rings. The fourth-order valence-electron chi connectivity index (χ4n) is 4.46. The first-order valence-electron chi connectivity index (χ1n) is 13.2.